The Morgan fingerprint density at radius 1 is 1.21 bits per heavy atom. The summed E-state index contributed by atoms with van der Waals surface area (Å²) in [6, 6.07) is 4.58. The number of rotatable bonds is 9. The molecule has 1 saturated heterocycles. The Labute approximate surface area is 177 Å². The van der Waals surface area contributed by atoms with Crippen LogP contribution >= 0.6 is 11.6 Å². The Balaban J connectivity index is 1.79. The Morgan fingerprint density at radius 2 is 1.90 bits per heavy atom. The van der Waals surface area contributed by atoms with Crippen molar-refractivity contribution in [2.24, 2.45) is 10.9 Å². The van der Waals surface area contributed by atoms with Crippen LogP contribution in [0.15, 0.2) is 23.2 Å². The average Bonchev–Trinajstić information content (AvgIpc) is 2.70. The minimum Gasteiger partial charge on any atom is -0.434 e. The van der Waals surface area contributed by atoms with Crippen LogP contribution in [-0.2, 0) is 6.54 Å². The van der Waals surface area contributed by atoms with Crippen molar-refractivity contribution in [2.45, 2.75) is 27.0 Å². The van der Waals surface area contributed by atoms with E-state index in [9.17, 15) is 8.78 Å². The van der Waals surface area contributed by atoms with Crippen LogP contribution in [0.2, 0.25) is 5.02 Å². The lowest BCUT2D eigenvalue weighted by atomic mass is 10.1. The van der Waals surface area contributed by atoms with E-state index in [0.29, 0.717) is 22.5 Å². The van der Waals surface area contributed by atoms with Gasteiger partial charge in [-0.25, -0.2) is 0 Å². The normalized spacial score (nSPS) is 17.4. The first-order valence-electron chi connectivity index (χ1n) is 10.0. The van der Waals surface area contributed by atoms with E-state index in [1.807, 2.05) is 0 Å². The number of nitrogens with zero attached hydrogens (tertiary/aromatic N) is 3. The van der Waals surface area contributed by atoms with Gasteiger partial charge in [-0.3, -0.25) is 4.99 Å². The molecule has 0 saturated carbocycles. The first kappa shape index (κ1) is 23.6. The Bertz CT molecular complexity index is 654. The summed E-state index contributed by atoms with van der Waals surface area (Å²) in [7, 11) is 1.68. The summed E-state index contributed by atoms with van der Waals surface area (Å²) in [6.07, 6.45) is 0. The lowest BCUT2D eigenvalue weighted by molar-refractivity contribution is -0.0504. The lowest BCUT2D eigenvalue weighted by Crippen LogP contribution is -2.48. The monoisotopic (exact) mass is 431 g/mol. The molecule has 0 aliphatic carbocycles. The van der Waals surface area contributed by atoms with Gasteiger partial charge in [-0.15, -0.1) is 0 Å². The second-order valence-electron chi connectivity index (χ2n) is 7.28. The maximum absolute atomic E-state index is 12.6. The molecule has 1 heterocycles. The summed E-state index contributed by atoms with van der Waals surface area (Å²) in [6.45, 7) is 9.17. The fraction of sp³-hybridized carbons (Fsp3) is 0.650. The molecule has 1 unspecified atom stereocenters. The second kappa shape index (κ2) is 12.1. The van der Waals surface area contributed by atoms with Gasteiger partial charge in [-0.1, -0.05) is 25.4 Å². The van der Waals surface area contributed by atoms with Crippen LogP contribution in [0.25, 0.3) is 0 Å². The minimum absolute atomic E-state index is 0.104. The number of ether oxygens (including phenoxy) is 1. The number of piperazine rings is 1. The fourth-order valence-corrected chi connectivity index (χ4v) is 3.56. The maximum atomic E-state index is 12.6. The van der Waals surface area contributed by atoms with Gasteiger partial charge in [0.2, 0.25) is 0 Å². The van der Waals surface area contributed by atoms with Crippen molar-refractivity contribution in [3.8, 4) is 5.75 Å². The minimum atomic E-state index is -2.88. The van der Waals surface area contributed by atoms with Crippen molar-refractivity contribution in [3.63, 3.8) is 0 Å². The van der Waals surface area contributed by atoms with Crippen molar-refractivity contribution < 1.29 is 13.5 Å². The molecule has 1 fully saturated rings. The highest BCUT2D eigenvalue weighted by Gasteiger charge is 2.17. The van der Waals surface area contributed by atoms with Gasteiger partial charge in [-0.05, 0) is 30.7 Å². The van der Waals surface area contributed by atoms with E-state index in [-0.39, 0.29) is 12.3 Å². The number of guanidine groups is 1. The number of benzene rings is 1. The van der Waals surface area contributed by atoms with E-state index < -0.39 is 6.61 Å². The largest absolute Gasteiger partial charge is 0.434 e. The highest BCUT2D eigenvalue weighted by atomic mass is 35.5. The predicted molar refractivity (Wildman–Crippen MR) is 114 cm³/mol. The van der Waals surface area contributed by atoms with Crippen LogP contribution < -0.4 is 15.4 Å². The summed E-state index contributed by atoms with van der Waals surface area (Å²) in [4.78, 5) is 9.17. The molecule has 2 rings (SSSR count). The van der Waals surface area contributed by atoms with E-state index in [1.54, 1.807) is 13.1 Å². The smallest absolute Gasteiger partial charge is 0.387 e. The van der Waals surface area contributed by atoms with Gasteiger partial charge in [0, 0.05) is 63.4 Å². The number of halogens is 3. The van der Waals surface area contributed by atoms with E-state index in [2.05, 4.69) is 44.0 Å². The Kier molecular flexibility index (Phi) is 9.90. The number of aliphatic imine (C=N–C) groups is 1. The summed E-state index contributed by atoms with van der Waals surface area (Å²) in [5.74, 6) is 1.16. The van der Waals surface area contributed by atoms with E-state index in [4.69, 9.17) is 11.6 Å². The van der Waals surface area contributed by atoms with Gasteiger partial charge < -0.3 is 25.2 Å². The van der Waals surface area contributed by atoms with E-state index >= 15 is 0 Å². The second-order valence-corrected chi connectivity index (χ2v) is 7.71. The molecule has 0 aromatic heterocycles. The van der Waals surface area contributed by atoms with Crippen molar-refractivity contribution in [1.29, 1.82) is 0 Å². The topological polar surface area (TPSA) is 52.1 Å². The standard InChI is InChI=1S/C20H32ClF2N5O/c1-4-27-7-9-28(10-8-27)14-15(2)12-25-20(24-3)26-13-16-11-17(21)5-6-18(16)29-19(22)23/h5-6,11,15,19H,4,7-10,12-14H2,1-3H3,(H2,24,25,26). The number of likely N-dealkylation sites (N-methyl/N-ethyl adjacent to an activating group) is 1. The van der Waals surface area contributed by atoms with Crippen LogP contribution in [0.5, 0.6) is 5.75 Å². The number of nitrogens with one attached hydrogen (secondary N) is 2. The van der Waals surface area contributed by atoms with Gasteiger partial charge >= 0.3 is 6.61 Å². The zero-order chi connectivity index (χ0) is 21.2. The SMILES string of the molecule is CCN1CCN(CC(C)CNC(=NC)NCc2cc(Cl)ccc2OC(F)F)CC1. The molecule has 29 heavy (non-hydrogen) atoms. The van der Waals surface area contributed by atoms with Crippen molar-refractivity contribution in [2.75, 3.05) is 52.9 Å². The van der Waals surface area contributed by atoms with Crippen LogP contribution in [0, 0.1) is 5.92 Å². The first-order chi connectivity index (χ1) is 13.9. The Morgan fingerprint density at radius 3 is 2.52 bits per heavy atom. The molecule has 0 radical (unpaired) electrons. The molecule has 0 bridgehead atoms. The molecule has 2 N–H and O–H groups in total. The summed E-state index contributed by atoms with van der Waals surface area (Å²) >= 11 is 5.99. The van der Waals surface area contributed by atoms with E-state index in [1.165, 1.54) is 12.1 Å². The van der Waals surface area contributed by atoms with Gasteiger partial charge in [0.1, 0.15) is 5.75 Å². The molecule has 6 nitrogen and oxygen atoms in total. The van der Waals surface area contributed by atoms with E-state index in [0.717, 1.165) is 45.8 Å². The van der Waals surface area contributed by atoms with Gasteiger partial charge in [-0.2, -0.15) is 8.78 Å². The third-order valence-electron chi connectivity index (χ3n) is 5.01. The molecule has 164 valence electrons. The fourth-order valence-electron chi connectivity index (χ4n) is 3.36. The molecule has 1 atom stereocenters. The molecular weight excluding hydrogens is 400 g/mol. The number of hydrogen-bond donors (Lipinski definition) is 2. The Hall–Kier alpha value is -1.64. The summed E-state index contributed by atoms with van der Waals surface area (Å²) in [5, 5.41) is 6.90. The molecule has 1 aromatic rings. The zero-order valence-corrected chi connectivity index (χ0v) is 18.2. The third-order valence-corrected chi connectivity index (χ3v) is 5.24. The van der Waals surface area contributed by atoms with Gasteiger partial charge in [0.05, 0.1) is 0 Å². The van der Waals surface area contributed by atoms with Crippen LogP contribution in [0.4, 0.5) is 8.78 Å². The van der Waals surface area contributed by atoms with Crippen molar-refractivity contribution in [1.82, 2.24) is 20.4 Å². The third kappa shape index (κ3) is 8.32. The molecule has 0 amide bonds. The summed E-state index contributed by atoms with van der Waals surface area (Å²) < 4.78 is 29.7. The maximum Gasteiger partial charge on any atom is 0.387 e. The highest BCUT2D eigenvalue weighted by Crippen LogP contribution is 2.24. The zero-order valence-electron chi connectivity index (χ0n) is 17.4. The number of alkyl halides is 2. The number of hydrogen-bond acceptors (Lipinski definition) is 4. The highest BCUT2D eigenvalue weighted by molar-refractivity contribution is 6.30. The molecule has 9 heteroatoms. The van der Waals surface area contributed by atoms with Gasteiger partial charge in [0.25, 0.3) is 0 Å². The molecule has 1 aliphatic rings. The molecule has 1 aromatic carbocycles. The van der Waals surface area contributed by atoms with Crippen LogP contribution in [0.1, 0.15) is 19.4 Å². The predicted octanol–water partition coefficient (Wildman–Crippen LogP) is 2.88. The van der Waals surface area contributed by atoms with Crippen molar-refractivity contribution in [3.05, 3.63) is 28.8 Å². The quantitative estimate of drug-likeness (QED) is 0.465. The molecular formula is C20H32ClF2N5O. The molecule has 0 spiro atoms. The van der Waals surface area contributed by atoms with Gasteiger partial charge in [0.15, 0.2) is 5.96 Å². The van der Waals surface area contributed by atoms with Crippen LogP contribution in [0.3, 0.4) is 0 Å². The average molecular weight is 432 g/mol. The lowest BCUT2D eigenvalue weighted by Gasteiger charge is -2.35. The van der Waals surface area contributed by atoms with Crippen molar-refractivity contribution >= 4 is 17.6 Å². The van der Waals surface area contributed by atoms with Crippen LogP contribution in [-0.4, -0.2) is 75.2 Å². The first-order valence-corrected chi connectivity index (χ1v) is 10.4. The molecule has 1 aliphatic heterocycles. The summed E-state index contributed by atoms with van der Waals surface area (Å²) in [5.41, 5.74) is 0.544.